The molecule has 10 heavy (non-hydrogen) atoms. The van der Waals surface area contributed by atoms with Gasteiger partial charge in [-0.15, -0.1) is 0 Å². The van der Waals surface area contributed by atoms with Crippen molar-refractivity contribution in [2.75, 3.05) is 6.67 Å². The van der Waals surface area contributed by atoms with Gasteiger partial charge in [0.15, 0.2) is 0 Å². The fourth-order valence-electron chi connectivity index (χ4n) is 1.23. The fourth-order valence-corrected chi connectivity index (χ4v) is 1.23. The van der Waals surface area contributed by atoms with Gasteiger partial charge in [0, 0.05) is 12.1 Å². The molecule has 0 bridgehead atoms. The van der Waals surface area contributed by atoms with Crippen molar-refractivity contribution in [2.45, 2.75) is 12.6 Å². The third kappa shape index (κ3) is 0.654. The van der Waals surface area contributed by atoms with Crippen LogP contribution in [0.1, 0.15) is 17.3 Å². The van der Waals surface area contributed by atoms with Gasteiger partial charge in [0.1, 0.15) is 6.67 Å². The van der Waals surface area contributed by atoms with Crippen LogP contribution in [0.3, 0.4) is 0 Å². The highest BCUT2D eigenvalue weighted by atomic mass is 19.1. The largest absolute Gasteiger partial charge is 0.302 e. The Morgan fingerprint density at radius 3 is 3.50 bits per heavy atom. The zero-order valence-corrected chi connectivity index (χ0v) is 5.39. The number of nitrogens with zero attached hydrogens (tertiary/aromatic N) is 1. The van der Waals surface area contributed by atoms with Crippen LogP contribution in [0.15, 0.2) is 6.20 Å². The van der Waals surface area contributed by atoms with Gasteiger partial charge in [0.25, 0.3) is 0 Å². The van der Waals surface area contributed by atoms with Crippen molar-refractivity contribution in [1.29, 1.82) is 0 Å². The van der Waals surface area contributed by atoms with Crippen molar-refractivity contribution in [1.82, 2.24) is 15.5 Å². The monoisotopic (exact) mass is 141 g/mol. The van der Waals surface area contributed by atoms with E-state index in [1.165, 1.54) is 0 Å². The second kappa shape index (κ2) is 2.05. The van der Waals surface area contributed by atoms with Gasteiger partial charge < -0.3 is 5.32 Å². The minimum absolute atomic E-state index is 0.155. The predicted octanol–water partition coefficient (Wildman–Crippen LogP) is 0.524. The van der Waals surface area contributed by atoms with E-state index < -0.39 is 0 Å². The molecule has 1 aromatic heterocycles. The van der Waals surface area contributed by atoms with Crippen LogP contribution in [0.2, 0.25) is 0 Å². The number of nitrogens with one attached hydrogen (secondary N) is 2. The summed E-state index contributed by atoms with van der Waals surface area (Å²) in [6, 6.07) is -0.155. The molecule has 0 fully saturated rings. The number of alkyl halides is 1. The van der Waals surface area contributed by atoms with Crippen molar-refractivity contribution < 1.29 is 4.39 Å². The third-order valence-corrected chi connectivity index (χ3v) is 1.79. The van der Waals surface area contributed by atoms with Crippen molar-refractivity contribution in [3.05, 3.63) is 17.5 Å². The zero-order chi connectivity index (χ0) is 6.97. The smallest absolute Gasteiger partial charge is 0.110 e. The molecule has 1 aromatic rings. The van der Waals surface area contributed by atoms with Crippen LogP contribution >= 0.6 is 0 Å². The van der Waals surface area contributed by atoms with Gasteiger partial charge >= 0.3 is 0 Å². The van der Waals surface area contributed by atoms with E-state index >= 15 is 0 Å². The predicted molar refractivity (Wildman–Crippen MR) is 34.1 cm³/mol. The number of fused-ring (bicyclic) bond motifs is 1. The Kier molecular flexibility index (Phi) is 1.20. The first-order valence-corrected chi connectivity index (χ1v) is 3.23. The fraction of sp³-hybridized carbons (Fsp3) is 0.500. The summed E-state index contributed by atoms with van der Waals surface area (Å²) in [5.74, 6) is 0. The van der Waals surface area contributed by atoms with Gasteiger partial charge in [0.2, 0.25) is 0 Å². The molecule has 0 aliphatic carbocycles. The van der Waals surface area contributed by atoms with Crippen LogP contribution < -0.4 is 5.32 Å². The maximum atomic E-state index is 12.1. The summed E-state index contributed by atoms with van der Waals surface area (Å²) in [5, 5.41) is 9.58. The van der Waals surface area contributed by atoms with E-state index in [1.807, 2.05) is 0 Å². The van der Waals surface area contributed by atoms with E-state index in [9.17, 15) is 4.39 Å². The van der Waals surface area contributed by atoms with E-state index in [1.54, 1.807) is 6.20 Å². The summed E-state index contributed by atoms with van der Waals surface area (Å²) in [5.41, 5.74) is 1.99. The molecule has 0 radical (unpaired) electrons. The first-order chi connectivity index (χ1) is 4.92. The molecule has 2 heterocycles. The molecule has 0 amide bonds. The number of hydrogen-bond donors (Lipinski definition) is 2. The average molecular weight is 141 g/mol. The number of halogens is 1. The Hall–Kier alpha value is -0.900. The summed E-state index contributed by atoms with van der Waals surface area (Å²) in [4.78, 5) is 0. The van der Waals surface area contributed by atoms with Crippen molar-refractivity contribution in [2.24, 2.45) is 0 Å². The highest BCUT2D eigenvalue weighted by molar-refractivity contribution is 5.24. The third-order valence-electron chi connectivity index (χ3n) is 1.79. The number of hydrogen-bond acceptors (Lipinski definition) is 2. The van der Waals surface area contributed by atoms with Crippen LogP contribution in [0.4, 0.5) is 4.39 Å². The molecule has 2 N–H and O–H groups in total. The molecule has 1 aliphatic rings. The second-order valence-electron chi connectivity index (χ2n) is 2.40. The molecule has 0 spiro atoms. The highest BCUT2D eigenvalue weighted by Crippen LogP contribution is 2.21. The molecule has 1 aliphatic heterocycles. The maximum absolute atomic E-state index is 12.1. The van der Waals surface area contributed by atoms with Gasteiger partial charge in [-0.1, -0.05) is 0 Å². The average Bonchev–Trinajstić information content (AvgIpc) is 2.44. The Morgan fingerprint density at radius 2 is 2.70 bits per heavy atom. The molecule has 1 unspecified atom stereocenters. The summed E-state index contributed by atoms with van der Waals surface area (Å²) in [7, 11) is 0. The molecule has 54 valence electrons. The van der Waals surface area contributed by atoms with Crippen LogP contribution in [0.5, 0.6) is 0 Å². The highest BCUT2D eigenvalue weighted by Gasteiger charge is 2.22. The quantitative estimate of drug-likeness (QED) is 0.598. The normalized spacial score (nSPS) is 23.1. The first kappa shape index (κ1) is 5.85. The molecular weight excluding hydrogens is 133 g/mol. The Balaban J connectivity index is 2.34. The summed E-state index contributed by atoms with van der Waals surface area (Å²) in [6.45, 7) is 0.371. The standard InChI is InChI=1S/C6H8FN3/c7-1-5-6-4(2-8-5)3-9-10-6/h3,5,8H,1-2H2,(H,9,10). The number of aromatic nitrogens is 2. The molecule has 3 nitrogen and oxygen atoms in total. The van der Waals surface area contributed by atoms with Gasteiger partial charge in [-0.2, -0.15) is 5.10 Å². The topological polar surface area (TPSA) is 40.7 Å². The van der Waals surface area contributed by atoms with E-state index in [-0.39, 0.29) is 12.7 Å². The van der Waals surface area contributed by atoms with Crippen molar-refractivity contribution in [3.8, 4) is 0 Å². The second-order valence-corrected chi connectivity index (χ2v) is 2.40. The molecule has 4 heteroatoms. The van der Waals surface area contributed by atoms with E-state index in [0.29, 0.717) is 0 Å². The molecular formula is C6H8FN3. The minimum atomic E-state index is -0.366. The first-order valence-electron chi connectivity index (χ1n) is 3.23. The van der Waals surface area contributed by atoms with Gasteiger partial charge in [-0.05, 0) is 0 Å². The van der Waals surface area contributed by atoms with Crippen LogP contribution in [-0.4, -0.2) is 16.9 Å². The lowest BCUT2D eigenvalue weighted by atomic mass is 10.2. The zero-order valence-electron chi connectivity index (χ0n) is 5.39. The number of aromatic amines is 1. The van der Waals surface area contributed by atoms with Crippen molar-refractivity contribution >= 4 is 0 Å². The molecule has 0 saturated carbocycles. The minimum Gasteiger partial charge on any atom is -0.302 e. The van der Waals surface area contributed by atoms with Gasteiger partial charge in [-0.25, -0.2) is 4.39 Å². The number of rotatable bonds is 1. The summed E-state index contributed by atoms with van der Waals surface area (Å²) >= 11 is 0. The summed E-state index contributed by atoms with van der Waals surface area (Å²) < 4.78 is 12.1. The summed E-state index contributed by atoms with van der Waals surface area (Å²) in [6.07, 6.45) is 1.73. The van der Waals surface area contributed by atoms with E-state index in [4.69, 9.17) is 0 Å². The SMILES string of the molecule is FCC1NCc2cn[nH]c21. The van der Waals surface area contributed by atoms with Crippen LogP contribution in [-0.2, 0) is 6.54 Å². The van der Waals surface area contributed by atoms with Crippen molar-refractivity contribution in [3.63, 3.8) is 0 Å². The van der Waals surface area contributed by atoms with Crippen LogP contribution in [0.25, 0.3) is 0 Å². The molecule has 0 aromatic carbocycles. The lowest BCUT2D eigenvalue weighted by Crippen LogP contribution is -2.14. The Morgan fingerprint density at radius 1 is 1.80 bits per heavy atom. The molecule has 2 rings (SSSR count). The lowest BCUT2D eigenvalue weighted by Gasteiger charge is -2.02. The Labute approximate surface area is 57.6 Å². The van der Waals surface area contributed by atoms with Crippen LogP contribution in [0, 0.1) is 0 Å². The molecule has 1 atom stereocenters. The van der Waals surface area contributed by atoms with E-state index in [2.05, 4.69) is 15.5 Å². The van der Waals surface area contributed by atoms with Gasteiger partial charge in [0.05, 0.1) is 17.9 Å². The van der Waals surface area contributed by atoms with Gasteiger partial charge in [-0.3, -0.25) is 5.10 Å². The molecule has 0 saturated heterocycles. The lowest BCUT2D eigenvalue weighted by molar-refractivity contribution is 0.393. The number of H-pyrrole nitrogens is 1. The van der Waals surface area contributed by atoms with E-state index in [0.717, 1.165) is 17.8 Å². The maximum Gasteiger partial charge on any atom is 0.110 e. The Bertz CT molecular complexity index is 233.